The molecule has 0 saturated carbocycles. The van der Waals surface area contributed by atoms with E-state index in [0.717, 1.165) is 116 Å². The van der Waals surface area contributed by atoms with Crippen LogP contribution in [0.4, 0.5) is 0 Å². The van der Waals surface area contributed by atoms with E-state index in [9.17, 15) is 30.3 Å². The molecule has 1 fully saturated rings. The van der Waals surface area contributed by atoms with E-state index in [1.165, 1.54) is 32.1 Å². The summed E-state index contributed by atoms with van der Waals surface area (Å²) in [4.78, 5) is 13.0. The molecule has 1 aliphatic rings. The number of aliphatic hydroxyl groups is 5. The minimum Gasteiger partial charge on any atom is -0.394 e. The topological polar surface area (TPSA) is 149 Å². The molecule has 0 bridgehead atoms. The maximum absolute atomic E-state index is 13.0. The minimum atomic E-state index is -1.59. The molecular weight excluding hydrogens is 911 g/mol. The van der Waals surface area contributed by atoms with E-state index in [1.807, 2.05) is 6.08 Å². The molecular formula is C64H101NO8. The third kappa shape index (κ3) is 40.8. The van der Waals surface area contributed by atoms with Crippen LogP contribution < -0.4 is 5.32 Å². The average Bonchev–Trinajstić information content (AvgIpc) is 3.39. The molecule has 0 aromatic rings. The van der Waals surface area contributed by atoms with E-state index < -0.39 is 49.5 Å². The standard InChI is InChI=1S/C64H101NO8/c1-3-5-7-9-11-13-15-17-19-20-21-22-23-24-25-26-27-28-29-30-31-32-33-34-35-36-37-38-40-42-44-46-48-50-52-54-60(68)65-57(56-72-64-63(71)62(70)61(69)59(55-66)73-64)58(67)53-51-49-47-45-43-41-39-18-16-14-12-10-8-6-4-2/h5,7,11,13,16-19,21-22,24-25,27-28,30-31,33-34,36-37,40,42-43,45,51,53,57-59,61-64,66-67,69-71H,3-4,6,8-10,12,14-15,20,23,26,29,32,35,38-39,41,44,46-50,52,54-56H2,1-2H3,(H,65,68)/b7-5-,13-11-,18-16+,19-17-,22-21-,25-24-,28-27-,31-30-,34-33-,37-36-,42-40-,45-43+,53-51+. The lowest BCUT2D eigenvalue weighted by Crippen LogP contribution is -2.60. The minimum absolute atomic E-state index is 0.224. The van der Waals surface area contributed by atoms with Crippen molar-refractivity contribution in [1.82, 2.24) is 5.32 Å². The smallest absolute Gasteiger partial charge is 0.220 e. The number of carbonyl (C=O) groups excluding carboxylic acids is 1. The van der Waals surface area contributed by atoms with Crippen LogP contribution in [-0.2, 0) is 14.3 Å². The van der Waals surface area contributed by atoms with Gasteiger partial charge in [0, 0.05) is 6.42 Å². The molecule has 1 heterocycles. The fraction of sp³-hybridized carbons (Fsp3) is 0.578. The predicted octanol–water partition coefficient (Wildman–Crippen LogP) is 14.1. The number of hydrogen-bond acceptors (Lipinski definition) is 8. The molecule has 73 heavy (non-hydrogen) atoms. The van der Waals surface area contributed by atoms with E-state index in [1.54, 1.807) is 6.08 Å². The summed E-state index contributed by atoms with van der Waals surface area (Å²) in [5, 5.41) is 54.3. The van der Waals surface area contributed by atoms with Crippen LogP contribution in [0.5, 0.6) is 0 Å². The van der Waals surface area contributed by atoms with Gasteiger partial charge < -0.3 is 40.3 Å². The first-order chi connectivity index (χ1) is 35.8. The maximum atomic E-state index is 13.0. The van der Waals surface area contributed by atoms with Crippen molar-refractivity contribution < 1.29 is 39.8 Å². The third-order valence-electron chi connectivity index (χ3n) is 12.1. The van der Waals surface area contributed by atoms with Gasteiger partial charge in [-0.2, -0.15) is 0 Å². The zero-order valence-electron chi connectivity index (χ0n) is 45.3. The Morgan fingerprint density at radius 2 is 0.863 bits per heavy atom. The average molecular weight is 1010 g/mol. The van der Waals surface area contributed by atoms with Gasteiger partial charge >= 0.3 is 0 Å². The number of unbranched alkanes of at least 4 members (excludes halogenated alkanes) is 11. The SMILES string of the molecule is CC/C=C\C/C=C\C/C=C\C/C=C\C/C=C\C/C=C\C/C=C\C/C=C\C/C=C\C/C=C\CCCCCCC(=O)NC(COC1OC(CO)C(O)C(O)C1O)C(O)/C=C/CC/C=C/CC/C=C/CCCCCCC. The Bertz CT molecular complexity index is 1690. The van der Waals surface area contributed by atoms with Gasteiger partial charge in [-0.05, 0) is 122 Å². The molecule has 0 radical (unpaired) electrons. The number of allylic oxidation sites excluding steroid dienone is 25. The van der Waals surface area contributed by atoms with Gasteiger partial charge in [0.25, 0.3) is 0 Å². The number of rotatable bonds is 45. The van der Waals surface area contributed by atoms with Crippen LogP contribution in [0, 0.1) is 0 Å². The quantitative estimate of drug-likeness (QED) is 0.0261. The summed E-state index contributed by atoms with van der Waals surface area (Å²) >= 11 is 0. The first-order valence-corrected chi connectivity index (χ1v) is 28.2. The van der Waals surface area contributed by atoms with Crippen molar-refractivity contribution in [2.75, 3.05) is 13.2 Å². The van der Waals surface area contributed by atoms with Crippen molar-refractivity contribution in [2.24, 2.45) is 0 Å². The maximum Gasteiger partial charge on any atom is 0.220 e. The molecule has 1 amide bonds. The van der Waals surface area contributed by atoms with E-state index in [4.69, 9.17) is 9.47 Å². The second-order valence-corrected chi connectivity index (χ2v) is 18.6. The fourth-order valence-corrected chi connectivity index (χ4v) is 7.63. The van der Waals surface area contributed by atoms with Crippen molar-refractivity contribution in [1.29, 1.82) is 0 Å². The number of ether oxygens (including phenoxy) is 2. The van der Waals surface area contributed by atoms with Crippen molar-refractivity contribution >= 4 is 5.91 Å². The number of aliphatic hydroxyl groups excluding tert-OH is 5. The van der Waals surface area contributed by atoms with Gasteiger partial charge in [0.2, 0.25) is 5.91 Å². The monoisotopic (exact) mass is 1010 g/mol. The van der Waals surface area contributed by atoms with Crippen LogP contribution in [0.15, 0.2) is 158 Å². The zero-order chi connectivity index (χ0) is 52.9. The molecule has 0 aliphatic carbocycles. The largest absolute Gasteiger partial charge is 0.394 e. The van der Waals surface area contributed by atoms with Crippen LogP contribution in [0.1, 0.15) is 181 Å². The van der Waals surface area contributed by atoms with E-state index in [-0.39, 0.29) is 12.5 Å². The summed E-state index contributed by atoms with van der Waals surface area (Å²) < 4.78 is 11.2. The molecule has 0 aromatic heterocycles. The summed E-state index contributed by atoms with van der Waals surface area (Å²) in [6.45, 7) is 3.58. The van der Waals surface area contributed by atoms with Gasteiger partial charge in [0.15, 0.2) is 6.29 Å². The van der Waals surface area contributed by atoms with Crippen LogP contribution in [0.3, 0.4) is 0 Å². The predicted molar refractivity (Wildman–Crippen MR) is 308 cm³/mol. The molecule has 9 heteroatoms. The molecule has 1 saturated heterocycles. The van der Waals surface area contributed by atoms with Gasteiger partial charge in [-0.1, -0.05) is 210 Å². The lowest BCUT2D eigenvalue weighted by atomic mass is 9.99. The summed E-state index contributed by atoms with van der Waals surface area (Å²) in [5.41, 5.74) is 0. The Labute approximate surface area is 444 Å². The summed E-state index contributed by atoms with van der Waals surface area (Å²) in [5.74, 6) is -0.224. The van der Waals surface area contributed by atoms with Gasteiger partial charge in [-0.3, -0.25) is 4.79 Å². The molecule has 7 atom stereocenters. The third-order valence-corrected chi connectivity index (χ3v) is 12.1. The number of hydrogen-bond donors (Lipinski definition) is 6. The Morgan fingerprint density at radius 3 is 1.30 bits per heavy atom. The Morgan fingerprint density at radius 1 is 0.479 bits per heavy atom. The lowest BCUT2D eigenvalue weighted by molar-refractivity contribution is -0.302. The molecule has 7 unspecified atom stereocenters. The normalized spacial score (nSPS) is 20.3. The van der Waals surface area contributed by atoms with Gasteiger partial charge in [0.05, 0.1) is 25.4 Å². The molecule has 1 aliphatic heterocycles. The summed E-state index contributed by atoms with van der Waals surface area (Å²) in [7, 11) is 0. The molecule has 410 valence electrons. The van der Waals surface area contributed by atoms with Gasteiger partial charge in [-0.15, -0.1) is 0 Å². The van der Waals surface area contributed by atoms with Crippen molar-refractivity contribution in [2.45, 2.75) is 224 Å². The first-order valence-electron chi connectivity index (χ1n) is 28.2. The van der Waals surface area contributed by atoms with Crippen LogP contribution in [-0.4, -0.2) is 87.5 Å². The highest BCUT2D eigenvalue weighted by Gasteiger charge is 2.44. The Hall–Kier alpha value is -4.19. The highest BCUT2D eigenvalue weighted by atomic mass is 16.7. The van der Waals surface area contributed by atoms with Crippen LogP contribution in [0.2, 0.25) is 0 Å². The molecule has 0 spiro atoms. The summed E-state index contributed by atoms with van der Waals surface area (Å²) in [6, 6.07) is -0.854. The second kappa shape index (κ2) is 51.3. The van der Waals surface area contributed by atoms with Crippen LogP contribution >= 0.6 is 0 Å². The molecule has 1 rings (SSSR count). The van der Waals surface area contributed by atoms with E-state index in [0.29, 0.717) is 19.3 Å². The Balaban J connectivity index is 2.27. The molecule has 9 nitrogen and oxygen atoms in total. The number of amides is 1. The van der Waals surface area contributed by atoms with E-state index >= 15 is 0 Å². The highest BCUT2D eigenvalue weighted by Crippen LogP contribution is 2.22. The number of nitrogens with one attached hydrogen (secondary N) is 1. The van der Waals surface area contributed by atoms with Crippen LogP contribution in [0.25, 0.3) is 0 Å². The van der Waals surface area contributed by atoms with E-state index in [2.05, 4.69) is 165 Å². The first kappa shape index (κ1) is 66.8. The van der Waals surface area contributed by atoms with Gasteiger partial charge in [-0.25, -0.2) is 0 Å². The van der Waals surface area contributed by atoms with Gasteiger partial charge in [0.1, 0.15) is 24.4 Å². The zero-order valence-corrected chi connectivity index (χ0v) is 45.3. The lowest BCUT2D eigenvalue weighted by Gasteiger charge is -2.40. The number of carbonyl (C=O) groups is 1. The molecule has 6 N–H and O–H groups in total. The second-order valence-electron chi connectivity index (χ2n) is 18.6. The summed E-state index contributed by atoms with van der Waals surface area (Å²) in [6.07, 6.45) is 74.4. The molecule has 0 aromatic carbocycles. The van der Waals surface area contributed by atoms with Crippen molar-refractivity contribution in [3.63, 3.8) is 0 Å². The highest BCUT2D eigenvalue weighted by molar-refractivity contribution is 5.76. The fourth-order valence-electron chi connectivity index (χ4n) is 7.63. The van der Waals surface area contributed by atoms with Crippen molar-refractivity contribution in [3.05, 3.63) is 158 Å². The van der Waals surface area contributed by atoms with Crippen molar-refractivity contribution in [3.8, 4) is 0 Å². The Kier molecular flexibility index (Phi) is 47.0.